The summed E-state index contributed by atoms with van der Waals surface area (Å²) >= 11 is 0. The fourth-order valence-corrected chi connectivity index (χ4v) is 6.18. The maximum Gasteiger partial charge on any atom is 0.508 e. The van der Waals surface area contributed by atoms with E-state index < -0.39 is 24.0 Å². The zero-order valence-electron chi connectivity index (χ0n) is 32.6. The van der Waals surface area contributed by atoms with Crippen LogP contribution in [0.25, 0.3) is 0 Å². The van der Waals surface area contributed by atoms with Crippen molar-refractivity contribution in [2.45, 2.75) is 207 Å². The number of carbonyl (C=O) groups is 3. The van der Waals surface area contributed by atoms with Gasteiger partial charge in [0.1, 0.15) is 5.60 Å². The Bertz CT molecular complexity index is 762. The van der Waals surface area contributed by atoms with E-state index in [1.54, 1.807) is 0 Å². The minimum atomic E-state index is -1.14. The van der Waals surface area contributed by atoms with E-state index in [0.717, 1.165) is 90.0 Å². The van der Waals surface area contributed by atoms with E-state index in [1.165, 1.54) is 44.9 Å². The Morgan fingerprint density at radius 2 is 1.00 bits per heavy atom. The molecule has 0 aromatic rings. The van der Waals surface area contributed by atoms with Crippen molar-refractivity contribution >= 4 is 18.1 Å². The van der Waals surface area contributed by atoms with E-state index in [9.17, 15) is 14.4 Å². The summed E-state index contributed by atoms with van der Waals surface area (Å²) in [5, 5.41) is 0. The third kappa shape index (κ3) is 24.3. The Labute approximate surface area is 296 Å². The lowest BCUT2D eigenvalue weighted by Crippen LogP contribution is -2.49. The molecule has 0 aliphatic carbocycles. The molecule has 0 N–H and O–H groups in total. The molecule has 8 heteroatoms. The summed E-state index contributed by atoms with van der Waals surface area (Å²) in [6, 6.07) is 0. The zero-order chi connectivity index (χ0) is 35.9. The third-order valence-corrected chi connectivity index (χ3v) is 9.51. The first-order chi connectivity index (χ1) is 23.1. The van der Waals surface area contributed by atoms with E-state index in [-0.39, 0.29) is 31.4 Å². The summed E-state index contributed by atoms with van der Waals surface area (Å²) in [5.74, 6) is -1.33. The number of rotatable bonds is 33. The average Bonchev–Trinajstić information content (AvgIpc) is 3.06. The topological polar surface area (TPSA) is 91.4 Å². The van der Waals surface area contributed by atoms with Crippen LogP contribution in [-0.4, -0.2) is 62.1 Å². The van der Waals surface area contributed by atoms with Crippen molar-refractivity contribution in [2.75, 3.05) is 27.2 Å². The van der Waals surface area contributed by atoms with Crippen molar-refractivity contribution in [1.29, 1.82) is 0 Å². The van der Waals surface area contributed by atoms with Crippen molar-refractivity contribution in [3.8, 4) is 0 Å². The van der Waals surface area contributed by atoms with Gasteiger partial charge in [-0.25, -0.2) is 4.79 Å². The molecule has 0 aliphatic heterocycles. The van der Waals surface area contributed by atoms with Crippen LogP contribution in [-0.2, 0) is 28.5 Å². The van der Waals surface area contributed by atoms with Crippen LogP contribution < -0.4 is 0 Å². The summed E-state index contributed by atoms with van der Waals surface area (Å²) in [4.78, 5) is 41.3. The first-order valence-electron chi connectivity index (χ1n) is 20.0. The van der Waals surface area contributed by atoms with Crippen LogP contribution in [0.1, 0.15) is 195 Å². The number of nitrogens with zero attached hydrogens (tertiary/aromatic N) is 1. The molecule has 48 heavy (non-hydrogen) atoms. The monoisotopic (exact) mass is 684 g/mol. The van der Waals surface area contributed by atoms with E-state index in [1.807, 2.05) is 32.8 Å². The molecule has 0 spiro atoms. The molecule has 8 nitrogen and oxygen atoms in total. The van der Waals surface area contributed by atoms with E-state index in [0.29, 0.717) is 19.3 Å². The fraction of sp³-hybridized carbons (Fsp3) is 0.925. The van der Waals surface area contributed by atoms with Gasteiger partial charge in [-0.15, -0.1) is 0 Å². The Kier molecular flexibility index (Phi) is 30.0. The predicted molar refractivity (Wildman–Crippen MR) is 197 cm³/mol. The van der Waals surface area contributed by atoms with Gasteiger partial charge in [-0.3, -0.25) is 9.59 Å². The molecule has 0 aromatic heterocycles. The van der Waals surface area contributed by atoms with Crippen molar-refractivity contribution in [2.24, 2.45) is 5.92 Å². The Balaban J connectivity index is 5.71. The van der Waals surface area contributed by atoms with Gasteiger partial charge in [0.05, 0.1) is 12.5 Å². The van der Waals surface area contributed by atoms with E-state index in [4.69, 9.17) is 18.9 Å². The minimum Gasteiger partial charge on any atom is -0.434 e. The number of ether oxygens (including phenoxy) is 4. The van der Waals surface area contributed by atoms with Gasteiger partial charge in [0.15, 0.2) is 0 Å². The number of esters is 2. The molecule has 0 bridgehead atoms. The standard InChI is InChI=1S/C40H77NO7/c1-8-12-15-18-19-20-21-22-25-28-32-40(11-4,48-39(44)45-34-29-33-41(6)7)35(5)38(46-36(42)30-26-23-16-13-9-2)47-37(43)31-27-24-17-14-10-3/h35,38H,8-34H2,1-7H3. The highest BCUT2D eigenvalue weighted by Crippen LogP contribution is 2.37. The van der Waals surface area contributed by atoms with E-state index >= 15 is 0 Å². The molecule has 0 fully saturated rings. The molecule has 0 radical (unpaired) electrons. The second-order valence-electron chi connectivity index (χ2n) is 14.2. The molecule has 0 aliphatic rings. The zero-order valence-corrected chi connectivity index (χ0v) is 32.6. The molecule has 2 unspecified atom stereocenters. The van der Waals surface area contributed by atoms with Gasteiger partial charge in [0, 0.05) is 19.4 Å². The first-order valence-corrected chi connectivity index (χ1v) is 20.0. The van der Waals surface area contributed by atoms with Gasteiger partial charge in [-0.2, -0.15) is 0 Å². The van der Waals surface area contributed by atoms with Crippen molar-refractivity contribution in [1.82, 2.24) is 4.90 Å². The quantitative estimate of drug-likeness (QED) is 0.0383. The van der Waals surface area contributed by atoms with Gasteiger partial charge < -0.3 is 23.8 Å². The van der Waals surface area contributed by atoms with Crippen LogP contribution in [0.15, 0.2) is 0 Å². The van der Waals surface area contributed by atoms with Gasteiger partial charge >= 0.3 is 18.1 Å². The molecule has 0 rings (SSSR count). The third-order valence-electron chi connectivity index (χ3n) is 9.51. The maximum absolute atomic E-state index is 13.1. The molecule has 0 saturated carbocycles. The number of hydrogen-bond donors (Lipinski definition) is 0. The molecular formula is C40H77NO7. The Morgan fingerprint density at radius 1 is 0.583 bits per heavy atom. The van der Waals surface area contributed by atoms with Gasteiger partial charge in [0.25, 0.3) is 6.29 Å². The lowest BCUT2D eigenvalue weighted by atomic mass is 9.80. The summed E-state index contributed by atoms with van der Waals surface area (Å²) in [6.45, 7) is 11.5. The average molecular weight is 684 g/mol. The second kappa shape index (κ2) is 31.2. The molecule has 284 valence electrons. The van der Waals surface area contributed by atoms with Crippen LogP contribution in [0.4, 0.5) is 4.79 Å². The molecule has 0 heterocycles. The van der Waals surface area contributed by atoms with Gasteiger partial charge in [-0.05, 0) is 52.6 Å². The number of hydrogen-bond acceptors (Lipinski definition) is 8. The van der Waals surface area contributed by atoms with Crippen molar-refractivity contribution in [3.63, 3.8) is 0 Å². The second-order valence-corrected chi connectivity index (χ2v) is 14.2. The predicted octanol–water partition coefficient (Wildman–Crippen LogP) is 11.3. The lowest BCUT2D eigenvalue weighted by molar-refractivity contribution is -0.216. The summed E-state index contributed by atoms with van der Waals surface area (Å²) in [7, 11) is 3.96. The molecular weight excluding hydrogens is 606 g/mol. The fourth-order valence-electron chi connectivity index (χ4n) is 6.18. The van der Waals surface area contributed by atoms with Gasteiger partial charge in [0.2, 0.25) is 0 Å². The van der Waals surface area contributed by atoms with Crippen molar-refractivity contribution in [3.05, 3.63) is 0 Å². The van der Waals surface area contributed by atoms with Crippen LogP contribution in [0.3, 0.4) is 0 Å². The molecule has 0 saturated heterocycles. The van der Waals surface area contributed by atoms with Crippen LogP contribution in [0.2, 0.25) is 0 Å². The van der Waals surface area contributed by atoms with Crippen LogP contribution in [0, 0.1) is 5.92 Å². The number of unbranched alkanes of at least 4 members (excludes halogenated alkanes) is 17. The Morgan fingerprint density at radius 3 is 1.42 bits per heavy atom. The van der Waals surface area contributed by atoms with Crippen LogP contribution in [0.5, 0.6) is 0 Å². The minimum absolute atomic E-state index is 0.257. The van der Waals surface area contributed by atoms with E-state index in [2.05, 4.69) is 20.8 Å². The van der Waals surface area contributed by atoms with Crippen LogP contribution >= 0.6 is 0 Å². The van der Waals surface area contributed by atoms with Crippen molar-refractivity contribution < 1.29 is 33.3 Å². The normalized spacial score (nSPS) is 13.4. The Hall–Kier alpha value is -1.83. The summed E-state index contributed by atoms with van der Waals surface area (Å²) < 4.78 is 23.5. The SMILES string of the molecule is CCCCCCCCCCCCC(CC)(OC(=O)OCCCN(C)C)C(C)C(OC(=O)CCCCCCC)OC(=O)CCCCCCC. The summed E-state index contributed by atoms with van der Waals surface area (Å²) in [6.07, 6.45) is 22.5. The highest BCUT2D eigenvalue weighted by molar-refractivity contribution is 5.71. The lowest BCUT2D eigenvalue weighted by Gasteiger charge is -2.40. The molecule has 2 atom stereocenters. The largest absolute Gasteiger partial charge is 0.508 e. The molecule has 0 aromatic carbocycles. The smallest absolute Gasteiger partial charge is 0.434 e. The summed E-state index contributed by atoms with van der Waals surface area (Å²) in [5.41, 5.74) is -1.01. The first kappa shape index (κ1) is 46.2. The molecule has 0 amide bonds. The maximum atomic E-state index is 13.1. The highest BCUT2D eigenvalue weighted by atomic mass is 16.7. The highest BCUT2D eigenvalue weighted by Gasteiger charge is 2.46. The van der Waals surface area contributed by atoms with Gasteiger partial charge in [-0.1, -0.05) is 144 Å². The number of carbonyl (C=O) groups excluding carboxylic acids is 3.